The van der Waals surface area contributed by atoms with Crippen molar-refractivity contribution in [1.29, 1.82) is 0 Å². The Morgan fingerprint density at radius 3 is 2.55 bits per heavy atom. The maximum atomic E-state index is 12.1. The van der Waals surface area contributed by atoms with Gasteiger partial charge in [-0.05, 0) is 43.4 Å². The predicted molar refractivity (Wildman–Crippen MR) is 72.3 cm³/mol. The Morgan fingerprint density at radius 1 is 1.15 bits per heavy atom. The van der Waals surface area contributed by atoms with Gasteiger partial charge in [0.1, 0.15) is 0 Å². The Kier molecular flexibility index (Phi) is 2.75. The van der Waals surface area contributed by atoms with Crippen molar-refractivity contribution in [2.45, 2.75) is 70.4 Å². The van der Waals surface area contributed by atoms with Crippen LogP contribution >= 0.6 is 0 Å². The van der Waals surface area contributed by atoms with E-state index in [9.17, 15) is 9.90 Å². The molecule has 0 amide bonds. The lowest BCUT2D eigenvalue weighted by Crippen LogP contribution is -2.54. The Hall–Kier alpha value is -0.610. The predicted octanol–water partition coefficient (Wildman–Crippen LogP) is 2.46. The number of carbonyl (C=O) groups is 1. The fourth-order valence-corrected chi connectivity index (χ4v) is 5.00. The van der Waals surface area contributed by atoms with Crippen LogP contribution in [0, 0.1) is 23.2 Å². The summed E-state index contributed by atoms with van der Waals surface area (Å²) in [4.78, 5) is 12.1. The van der Waals surface area contributed by atoms with Crippen LogP contribution in [0.3, 0.4) is 0 Å². The molecule has 20 heavy (non-hydrogen) atoms. The van der Waals surface area contributed by atoms with Crippen molar-refractivity contribution in [2.75, 3.05) is 0 Å². The molecule has 5 fully saturated rings. The maximum absolute atomic E-state index is 12.1. The van der Waals surface area contributed by atoms with E-state index in [2.05, 4.69) is 13.8 Å². The summed E-state index contributed by atoms with van der Waals surface area (Å²) in [6.45, 7) is 4.37. The number of hydrogen-bond donors (Lipinski definition) is 1. The Balaban J connectivity index is 1.57. The molecule has 2 saturated carbocycles. The first kappa shape index (κ1) is 13.1. The number of fused-ring (bicyclic) bond motifs is 3. The van der Waals surface area contributed by atoms with Gasteiger partial charge in [-0.25, -0.2) is 0 Å². The lowest BCUT2D eigenvalue weighted by molar-refractivity contribution is -0.214. The quantitative estimate of drug-likeness (QED) is 0.807. The van der Waals surface area contributed by atoms with Crippen LogP contribution in [0.5, 0.6) is 0 Å². The van der Waals surface area contributed by atoms with Crippen LogP contribution in [0.4, 0.5) is 0 Å². The molecule has 0 aromatic rings. The second kappa shape index (κ2) is 4.20. The van der Waals surface area contributed by atoms with E-state index in [4.69, 9.17) is 9.47 Å². The average Bonchev–Trinajstić information content (AvgIpc) is 3.07. The summed E-state index contributed by atoms with van der Waals surface area (Å²) in [6.07, 6.45) is 5.93. The number of aliphatic carboxylic acids is 1. The van der Waals surface area contributed by atoms with E-state index in [-0.39, 0.29) is 12.0 Å². The number of carboxylic acid groups (broad SMARTS) is 1. The van der Waals surface area contributed by atoms with Gasteiger partial charge < -0.3 is 14.6 Å². The van der Waals surface area contributed by atoms with Crippen molar-refractivity contribution < 1.29 is 19.4 Å². The zero-order valence-electron chi connectivity index (χ0n) is 12.2. The van der Waals surface area contributed by atoms with Gasteiger partial charge in [-0.15, -0.1) is 0 Å². The number of rotatable bonds is 3. The van der Waals surface area contributed by atoms with Crippen molar-refractivity contribution in [2.24, 2.45) is 23.2 Å². The van der Waals surface area contributed by atoms with Gasteiger partial charge in [0, 0.05) is 6.42 Å². The second-order valence-electron chi connectivity index (χ2n) is 7.63. The second-order valence-corrected chi connectivity index (χ2v) is 7.63. The smallest absolute Gasteiger partial charge is 0.310 e. The van der Waals surface area contributed by atoms with Gasteiger partial charge in [0.2, 0.25) is 0 Å². The van der Waals surface area contributed by atoms with Crippen molar-refractivity contribution in [3.05, 3.63) is 0 Å². The molecular formula is C16H24O4. The minimum atomic E-state index is -0.618. The lowest BCUT2D eigenvalue weighted by Gasteiger charge is -2.53. The van der Waals surface area contributed by atoms with Crippen LogP contribution < -0.4 is 0 Å². The van der Waals surface area contributed by atoms with Crippen LogP contribution in [0.2, 0.25) is 0 Å². The fraction of sp³-hybridized carbons (Fsp3) is 0.938. The summed E-state index contributed by atoms with van der Waals surface area (Å²) in [5, 5.41) is 9.92. The third-order valence-corrected chi connectivity index (χ3v) is 6.51. The van der Waals surface area contributed by atoms with Crippen molar-refractivity contribution in [1.82, 2.24) is 0 Å². The molecule has 0 aromatic carbocycles. The zero-order valence-corrected chi connectivity index (χ0v) is 12.2. The Morgan fingerprint density at radius 2 is 1.90 bits per heavy atom. The van der Waals surface area contributed by atoms with Crippen molar-refractivity contribution in [3.8, 4) is 0 Å². The highest BCUT2D eigenvalue weighted by Crippen LogP contribution is 2.56. The minimum Gasteiger partial charge on any atom is -0.481 e. The molecule has 5 rings (SSSR count). The van der Waals surface area contributed by atoms with Crippen LogP contribution in [-0.2, 0) is 14.3 Å². The number of ether oxygens (including phenoxy) is 2. The number of hydrogen-bond acceptors (Lipinski definition) is 3. The molecule has 112 valence electrons. The molecule has 0 aromatic heterocycles. The molecule has 0 spiro atoms. The van der Waals surface area contributed by atoms with Gasteiger partial charge in [0.15, 0.2) is 0 Å². The van der Waals surface area contributed by atoms with Crippen molar-refractivity contribution >= 4 is 5.97 Å². The van der Waals surface area contributed by atoms with Gasteiger partial charge in [0.25, 0.3) is 0 Å². The summed E-state index contributed by atoms with van der Waals surface area (Å²) in [5.74, 6) is 0.587. The molecular weight excluding hydrogens is 256 g/mol. The molecule has 2 aliphatic carbocycles. The highest BCUT2D eigenvalue weighted by atomic mass is 16.6. The molecule has 8 atom stereocenters. The first-order valence-corrected chi connectivity index (χ1v) is 8.04. The summed E-state index contributed by atoms with van der Waals surface area (Å²) >= 11 is 0. The van der Waals surface area contributed by atoms with Crippen LogP contribution in [0.15, 0.2) is 0 Å². The SMILES string of the molecule is CC1CC2CC(O2)C1CC1(C(=O)O)CC2OC2CC1C. The normalized spacial score (nSPS) is 56.6. The first-order chi connectivity index (χ1) is 9.49. The summed E-state index contributed by atoms with van der Waals surface area (Å²) in [5.41, 5.74) is -0.595. The highest BCUT2D eigenvalue weighted by molar-refractivity contribution is 5.75. The average molecular weight is 280 g/mol. The highest BCUT2D eigenvalue weighted by Gasteiger charge is 2.60. The van der Waals surface area contributed by atoms with E-state index in [1.54, 1.807) is 0 Å². The van der Waals surface area contributed by atoms with Crippen LogP contribution in [0.25, 0.3) is 0 Å². The maximum Gasteiger partial charge on any atom is 0.310 e. The van der Waals surface area contributed by atoms with E-state index < -0.39 is 11.4 Å². The molecule has 4 nitrogen and oxygen atoms in total. The largest absolute Gasteiger partial charge is 0.481 e. The standard InChI is InChI=1S/C16H24O4/c1-8-3-10-5-12(19-10)11(8)6-16(15(17)18)7-14-13(20-14)4-9(16)2/h8-14H,3-7H2,1-2H3,(H,17,18). The Bertz CT molecular complexity index is 428. The monoisotopic (exact) mass is 280 g/mol. The van der Waals surface area contributed by atoms with E-state index in [1.807, 2.05) is 0 Å². The van der Waals surface area contributed by atoms with Crippen LogP contribution in [0.1, 0.15) is 46.0 Å². The van der Waals surface area contributed by atoms with Gasteiger partial charge in [-0.1, -0.05) is 13.8 Å². The molecule has 3 aliphatic heterocycles. The summed E-state index contributed by atoms with van der Waals surface area (Å²) < 4.78 is 11.5. The van der Waals surface area contributed by atoms with Crippen molar-refractivity contribution in [3.63, 3.8) is 0 Å². The van der Waals surface area contributed by atoms with E-state index in [0.717, 1.165) is 25.7 Å². The molecule has 8 unspecified atom stereocenters. The topological polar surface area (TPSA) is 59.1 Å². The number of epoxide rings is 1. The summed E-state index contributed by atoms with van der Waals surface area (Å²) in [6, 6.07) is 0. The van der Waals surface area contributed by atoms with Gasteiger partial charge in [-0.3, -0.25) is 4.79 Å². The third kappa shape index (κ3) is 1.77. The van der Waals surface area contributed by atoms with Gasteiger partial charge in [0.05, 0.1) is 29.8 Å². The summed E-state index contributed by atoms with van der Waals surface area (Å²) in [7, 11) is 0. The third-order valence-electron chi connectivity index (χ3n) is 6.51. The molecule has 1 N–H and O–H groups in total. The van der Waals surface area contributed by atoms with Crippen LogP contribution in [-0.4, -0.2) is 35.5 Å². The fourth-order valence-electron chi connectivity index (χ4n) is 5.00. The van der Waals surface area contributed by atoms with Gasteiger partial charge in [-0.2, -0.15) is 0 Å². The molecule has 5 aliphatic rings. The van der Waals surface area contributed by atoms with E-state index in [1.165, 1.54) is 0 Å². The Labute approximate surface area is 119 Å². The lowest BCUT2D eigenvalue weighted by atomic mass is 9.58. The van der Waals surface area contributed by atoms with E-state index in [0.29, 0.717) is 36.6 Å². The minimum absolute atomic E-state index is 0.203. The molecule has 3 saturated heterocycles. The van der Waals surface area contributed by atoms with E-state index >= 15 is 0 Å². The first-order valence-electron chi connectivity index (χ1n) is 8.04. The molecule has 4 heteroatoms. The molecule has 2 bridgehead atoms. The zero-order chi connectivity index (χ0) is 14.1. The van der Waals surface area contributed by atoms with Gasteiger partial charge >= 0.3 is 5.97 Å². The molecule has 3 heterocycles. The number of carboxylic acids is 1. The molecule has 0 radical (unpaired) electrons.